The van der Waals surface area contributed by atoms with Gasteiger partial charge in [-0.15, -0.1) is 0 Å². The second kappa shape index (κ2) is 8.58. The van der Waals surface area contributed by atoms with Crippen LogP contribution in [-0.4, -0.2) is 20.9 Å². The molecule has 0 bridgehead atoms. The average molecular weight is 425 g/mol. The lowest BCUT2D eigenvalue weighted by Crippen LogP contribution is -2.11. The van der Waals surface area contributed by atoms with Crippen LogP contribution in [0.15, 0.2) is 60.8 Å². The third kappa shape index (κ3) is 4.28. The summed E-state index contributed by atoms with van der Waals surface area (Å²) < 4.78 is 0. The SMILES string of the molecule is Cc1ccc(C(=O)Nc2ccc(-c3nc4cc(C5CCC(C)CC5)ncc4[nH]3)cc2)cc1. The lowest BCUT2D eigenvalue weighted by Gasteiger charge is -2.25. The van der Waals surface area contributed by atoms with Crippen LogP contribution in [0, 0.1) is 12.8 Å². The molecule has 2 aromatic heterocycles. The molecular formula is C27H28N4O. The fraction of sp³-hybridized carbons (Fsp3) is 0.296. The number of aryl methyl sites for hydroxylation is 1. The first-order chi connectivity index (χ1) is 15.5. The molecule has 2 heterocycles. The number of nitrogens with zero attached hydrogens (tertiary/aromatic N) is 2. The van der Waals surface area contributed by atoms with Crippen LogP contribution >= 0.6 is 0 Å². The number of hydrogen-bond acceptors (Lipinski definition) is 3. The van der Waals surface area contributed by atoms with Gasteiger partial charge in [0, 0.05) is 28.4 Å². The molecule has 1 amide bonds. The Hall–Kier alpha value is -3.47. The fourth-order valence-electron chi connectivity index (χ4n) is 4.46. The van der Waals surface area contributed by atoms with E-state index in [1.54, 1.807) is 0 Å². The molecular weight excluding hydrogens is 396 g/mol. The maximum atomic E-state index is 12.4. The summed E-state index contributed by atoms with van der Waals surface area (Å²) >= 11 is 0. The number of carbonyl (C=O) groups is 1. The van der Waals surface area contributed by atoms with Crippen LogP contribution in [-0.2, 0) is 0 Å². The third-order valence-corrected chi connectivity index (χ3v) is 6.55. The number of anilines is 1. The van der Waals surface area contributed by atoms with E-state index in [0.29, 0.717) is 11.5 Å². The summed E-state index contributed by atoms with van der Waals surface area (Å²) in [6, 6.07) is 17.4. The monoisotopic (exact) mass is 424 g/mol. The van der Waals surface area contributed by atoms with Gasteiger partial charge in [0.05, 0.1) is 17.2 Å². The van der Waals surface area contributed by atoms with Crippen molar-refractivity contribution in [2.24, 2.45) is 5.92 Å². The zero-order valence-electron chi connectivity index (χ0n) is 18.6. The third-order valence-electron chi connectivity index (χ3n) is 6.55. The molecule has 0 radical (unpaired) electrons. The highest BCUT2D eigenvalue weighted by Crippen LogP contribution is 2.35. The molecule has 0 spiro atoms. The van der Waals surface area contributed by atoms with Crippen molar-refractivity contribution in [3.05, 3.63) is 77.6 Å². The van der Waals surface area contributed by atoms with Crippen molar-refractivity contribution in [1.82, 2.24) is 15.0 Å². The van der Waals surface area contributed by atoms with Crippen LogP contribution < -0.4 is 5.32 Å². The molecule has 1 fully saturated rings. The maximum Gasteiger partial charge on any atom is 0.255 e. The minimum absolute atomic E-state index is 0.114. The lowest BCUT2D eigenvalue weighted by atomic mass is 9.81. The van der Waals surface area contributed by atoms with Crippen LogP contribution in [0.4, 0.5) is 5.69 Å². The zero-order chi connectivity index (χ0) is 22.1. The molecule has 4 aromatic rings. The highest BCUT2D eigenvalue weighted by molar-refractivity contribution is 6.04. The molecule has 2 aromatic carbocycles. The molecule has 0 saturated heterocycles. The van der Waals surface area contributed by atoms with Gasteiger partial charge in [-0.25, -0.2) is 4.98 Å². The Kier molecular flexibility index (Phi) is 5.48. The molecule has 0 aliphatic heterocycles. The number of H-pyrrole nitrogens is 1. The van der Waals surface area contributed by atoms with Gasteiger partial charge in [-0.1, -0.05) is 37.5 Å². The first kappa shape index (κ1) is 20.4. The van der Waals surface area contributed by atoms with Gasteiger partial charge in [0.2, 0.25) is 0 Å². The van der Waals surface area contributed by atoms with E-state index in [9.17, 15) is 4.79 Å². The van der Waals surface area contributed by atoms with Gasteiger partial charge in [-0.2, -0.15) is 0 Å². The number of aromatic nitrogens is 3. The van der Waals surface area contributed by atoms with Crippen LogP contribution in [0.1, 0.15) is 60.1 Å². The zero-order valence-corrected chi connectivity index (χ0v) is 18.6. The molecule has 5 nitrogen and oxygen atoms in total. The van der Waals surface area contributed by atoms with Gasteiger partial charge in [0.25, 0.3) is 5.91 Å². The van der Waals surface area contributed by atoms with Crippen molar-refractivity contribution in [3.8, 4) is 11.4 Å². The number of rotatable bonds is 4. The quantitative estimate of drug-likeness (QED) is 0.394. The van der Waals surface area contributed by atoms with Gasteiger partial charge >= 0.3 is 0 Å². The van der Waals surface area contributed by atoms with E-state index >= 15 is 0 Å². The van der Waals surface area contributed by atoms with Gasteiger partial charge in [0.1, 0.15) is 5.82 Å². The van der Waals surface area contributed by atoms with Crippen molar-refractivity contribution in [3.63, 3.8) is 0 Å². The molecule has 1 saturated carbocycles. The summed E-state index contributed by atoms with van der Waals surface area (Å²) in [7, 11) is 0. The van der Waals surface area contributed by atoms with Crippen LogP contribution in [0.3, 0.4) is 0 Å². The van der Waals surface area contributed by atoms with Crippen molar-refractivity contribution >= 4 is 22.6 Å². The summed E-state index contributed by atoms with van der Waals surface area (Å²) in [6.07, 6.45) is 6.90. The Morgan fingerprint density at radius 2 is 1.72 bits per heavy atom. The Morgan fingerprint density at radius 1 is 1.00 bits per heavy atom. The molecule has 5 rings (SSSR count). The number of fused-ring (bicyclic) bond motifs is 1. The number of carbonyl (C=O) groups excluding carboxylic acids is 1. The first-order valence-corrected chi connectivity index (χ1v) is 11.4. The van der Waals surface area contributed by atoms with E-state index in [2.05, 4.69) is 23.3 Å². The summed E-state index contributed by atoms with van der Waals surface area (Å²) in [5, 5.41) is 2.95. The number of amides is 1. The topological polar surface area (TPSA) is 70.7 Å². The smallest absolute Gasteiger partial charge is 0.255 e. The Balaban J connectivity index is 1.31. The highest BCUT2D eigenvalue weighted by Gasteiger charge is 2.21. The molecule has 5 heteroatoms. The summed E-state index contributed by atoms with van der Waals surface area (Å²) in [4.78, 5) is 25.4. The van der Waals surface area contributed by atoms with Crippen molar-refractivity contribution < 1.29 is 4.79 Å². The second-order valence-electron chi connectivity index (χ2n) is 9.07. The van der Waals surface area contributed by atoms with Crippen molar-refractivity contribution in [1.29, 1.82) is 0 Å². The van der Waals surface area contributed by atoms with Gasteiger partial charge in [-0.3, -0.25) is 9.78 Å². The van der Waals surface area contributed by atoms with Crippen LogP contribution in [0.2, 0.25) is 0 Å². The molecule has 1 aliphatic rings. The van der Waals surface area contributed by atoms with E-state index in [-0.39, 0.29) is 5.91 Å². The van der Waals surface area contributed by atoms with Gasteiger partial charge in [-0.05, 0) is 68.1 Å². The molecule has 162 valence electrons. The summed E-state index contributed by atoms with van der Waals surface area (Å²) in [6.45, 7) is 4.35. The van der Waals surface area contributed by atoms with E-state index in [1.165, 1.54) is 25.7 Å². The minimum Gasteiger partial charge on any atom is -0.337 e. The van der Waals surface area contributed by atoms with E-state index in [0.717, 1.165) is 45.3 Å². The van der Waals surface area contributed by atoms with E-state index in [4.69, 9.17) is 9.97 Å². The summed E-state index contributed by atoms with van der Waals surface area (Å²) in [5.41, 5.74) is 6.58. The Bertz CT molecular complexity index is 1230. The predicted octanol–water partition coefficient (Wildman–Crippen LogP) is 6.48. The average Bonchev–Trinajstić information content (AvgIpc) is 3.24. The van der Waals surface area contributed by atoms with E-state index in [1.807, 2.05) is 61.7 Å². The molecule has 0 unspecified atom stereocenters. The second-order valence-corrected chi connectivity index (χ2v) is 9.07. The van der Waals surface area contributed by atoms with Crippen molar-refractivity contribution in [2.45, 2.75) is 45.4 Å². The van der Waals surface area contributed by atoms with Gasteiger partial charge in [0.15, 0.2) is 0 Å². The Labute approximate surface area is 188 Å². The number of imidazole rings is 1. The number of pyridine rings is 1. The lowest BCUT2D eigenvalue weighted by molar-refractivity contribution is 0.102. The highest BCUT2D eigenvalue weighted by atomic mass is 16.1. The summed E-state index contributed by atoms with van der Waals surface area (Å²) in [5.74, 6) is 2.08. The number of hydrogen-bond donors (Lipinski definition) is 2. The van der Waals surface area contributed by atoms with Crippen molar-refractivity contribution in [2.75, 3.05) is 5.32 Å². The molecule has 0 atom stereocenters. The Morgan fingerprint density at radius 3 is 2.44 bits per heavy atom. The van der Waals surface area contributed by atoms with E-state index < -0.39 is 0 Å². The van der Waals surface area contributed by atoms with Crippen LogP contribution in [0.25, 0.3) is 22.4 Å². The number of nitrogens with one attached hydrogen (secondary N) is 2. The molecule has 32 heavy (non-hydrogen) atoms. The maximum absolute atomic E-state index is 12.4. The first-order valence-electron chi connectivity index (χ1n) is 11.4. The predicted molar refractivity (Wildman–Crippen MR) is 129 cm³/mol. The minimum atomic E-state index is -0.114. The number of aromatic amines is 1. The fourth-order valence-corrected chi connectivity index (χ4v) is 4.46. The normalized spacial score (nSPS) is 18.6. The van der Waals surface area contributed by atoms with Crippen LogP contribution in [0.5, 0.6) is 0 Å². The largest absolute Gasteiger partial charge is 0.337 e. The molecule has 1 aliphatic carbocycles. The molecule has 2 N–H and O–H groups in total. The standard InChI is InChI=1S/C27H28N4O/c1-17-3-7-19(8-4-17)23-15-24-25(16-28-23)31-26(30-24)20-11-13-22(14-12-20)29-27(32)21-9-5-18(2)6-10-21/h5-6,9-17,19H,3-4,7-8H2,1-2H3,(H,29,32)(H,30,31). The van der Waals surface area contributed by atoms with Gasteiger partial charge < -0.3 is 10.3 Å². The number of benzene rings is 2.